The van der Waals surface area contributed by atoms with Gasteiger partial charge in [0.1, 0.15) is 5.82 Å². The lowest BCUT2D eigenvalue weighted by Crippen LogP contribution is -2.37. The van der Waals surface area contributed by atoms with Crippen molar-refractivity contribution < 1.29 is 19.3 Å². The maximum absolute atomic E-state index is 13.3. The third-order valence-electron chi connectivity index (χ3n) is 3.03. The molecule has 0 saturated heterocycles. The highest BCUT2D eigenvalue weighted by atomic mass is 19.1. The Hall–Kier alpha value is -1.01. The summed E-state index contributed by atoms with van der Waals surface area (Å²) in [6, 6.07) is 6.40. The third kappa shape index (κ3) is 6.43. The molecule has 0 bridgehead atoms. The molecule has 5 heteroatoms. The van der Waals surface area contributed by atoms with Crippen molar-refractivity contribution in [3.05, 3.63) is 35.6 Å². The second-order valence-corrected chi connectivity index (χ2v) is 5.23. The summed E-state index contributed by atoms with van der Waals surface area (Å²) in [7, 11) is 0. The lowest BCUT2D eigenvalue weighted by atomic mass is 10.1. The predicted molar refractivity (Wildman–Crippen MR) is 75.8 cm³/mol. The fourth-order valence-electron chi connectivity index (χ4n) is 1.61. The summed E-state index contributed by atoms with van der Waals surface area (Å²) in [5.74, 6) is -0.128. The summed E-state index contributed by atoms with van der Waals surface area (Å²) in [5.41, 5.74) is 0.475. The van der Waals surface area contributed by atoms with Gasteiger partial charge in [0.25, 0.3) is 0 Å². The van der Waals surface area contributed by atoms with Crippen LogP contribution in [0.2, 0.25) is 0 Å². The first kappa shape index (κ1) is 17.0. The average molecular weight is 285 g/mol. The zero-order valence-electron chi connectivity index (χ0n) is 12.1. The number of rotatable bonds is 9. The molecule has 2 unspecified atom stereocenters. The molecular formula is C15H24FNO3. The van der Waals surface area contributed by atoms with E-state index in [-0.39, 0.29) is 24.9 Å². The van der Waals surface area contributed by atoms with Crippen LogP contribution in [-0.2, 0) is 11.3 Å². The Balaban J connectivity index is 2.14. The number of ether oxygens (including phenoxy) is 1. The summed E-state index contributed by atoms with van der Waals surface area (Å²) in [6.07, 6.45) is -1.11. The van der Waals surface area contributed by atoms with E-state index >= 15 is 0 Å². The van der Waals surface area contributed by atoms with Crippen molar-refractivity contribution >= 4 is 0 Å². The van der Waals surface area contributed by atoms with Crippen LogP contribution in [0.15, 0.2) is 24.3 Å². The molecule has 0 amide bonds. The van der Waals surface area contributed by atoms with Crippen molar-refractivity contribution in [1.29, 1.82) is 0 Å². The van der Waals surface area contributed by atoms with Crippen LogP contribution in [0, 0.1) is 11.7 Å². The Kier molecular flexibility index (Phi) is 7.69. The van der Waals surface area contributed by atoms with Crippen LogP contribution < -0.4 is 5.32 Å². The SMILES string of the molecule is CC(C)C(O)CNCC(O)COCc1ccccc1F. The molecule has 0 spiro atoms. The molecule has 0 saturated carbocycles. The molecule has 20 heavy (non-hydrogen) atoms. The molecule has 0 aliphatic rings. The normalized spacial score (nSPS) is 14.5. The molecule has 2 atom stereocenters. The van der Waals surface area contributed by atoms with E-state index in [4.69, 9.17) is 4.74 Å². The first-order chi connectivity index (χ1) is 9.50. The van der Waals surface area contributed by atoms with Crippen molar-refractivity contribution in [2.75, 3.05) is 19.7 Å². The van der Waals surface area contributed by atoms with Crippen molar-refractivity contribution in [1.82, 2.24) is 5.32 Å². The smallest absolute Gasteiger partial charge is 0.128 e. The maximum atomic E-state index is 13.3. The van der Waals surface area contributed by atoms with Gasteiger partial charge < -0.3 is 20.3 Å². The quantitative estimate of drug-likeness (QED) is 0.640. The minimum Gasteiger partial charge on any atom is -0.392 e. The lowest BCUT2D eigenvalue weighted by molar-refractivity contribution is 0.0254. The minimum atomic E-state index is -0.680. The molecule has 1 rings (SSSR count). The molecule has 0 aromatic heterocycles. The van der Waals surface area contributed by atoms with Gasteiger partial charge in [-0.25, -0.2) is 4.39 Å². The summed E-state index contributed by atoms with van der Waals surface area (Å²) < 4.78 is 18.6. The van der Waals surface area contributed by atoms with E-state index in [1.807, 2.05) is 13.8 Å². The van der Waals surface area contributed by atoms with Crippen molar-refractivity contribution in [2.45, 2.75) is 32.7 Å². The first-order valence-corrected chi connectivity index (χ1v) is 6.88. The number of benzene rings is 1. The number of hydrogen-bond acceptors (Lipinski definition) is 4. The second kappa shape index (κ2) is 9.02. The maximum Gasteiger partial charge on any atom is 0.128 e. The number of halogens is 1. The number of aliphatic hydroxyl groups is 2. The molecule has 3 N–H and O–H groups in total. The van der Waals surface area contributed by atoms with E-state index in [2.05, 4.69) is 5.32 Å². The van der Waals surface area contributed by atoms with Gasteiger partial charge in [-0.15, -0.1) is 0 Å². The Morgan fingerprint density at radius 2 is 1.90 bits per heavy atom. The van der Waals surface area contributed by atoms with Gasteiger partial charge in [0, 0.05) is 18.7 Å². The van der Waals surface area contributed by atoms with Crippen LogP contribution in [-0.4, -0.2) is 42.1 Å². The van der Waals surface area contributed by atoms with Crippen LogP contribution in [0.1, 0.15) is 19.4 Å². The standard InChI is InChI=1S/C15H24FNO3/c1-11(2)15(19)8-17-7-13(18)10-20-9-12-5-3-4-6-14(12)16/h3-6,11,13,15,17-19H,7-10H2,1-2H3. The molecule has 0 radical (unpaired) electrons. The summed E-state index contributed by atoms with van der Waals surface area (Å²) in [5, 5.41) is 22.2. The predicted octanol–water partition coefficient (Wildman–Crippen LogP) is 1.31. The molecule has 1 aromatic carbocycles. The van der Waals surface area contributed by atoms with E-state index in [1.54, 1.807) is 18.2 Å². The van der Waals surface area contributed by atoms with Gasteiger partial charge in [-0.3, -0.25) is 0 Å². The number of hydrogen-bond donors (Lipinski definition) is 3. The fraction of sp³-hybridized carbons (Fsp3) is 0.600. The highest BCUT2D eigenvalue weighted by Crippen LogP contribution is 2.07. The van der Waals surface area contributed by atoms with Crippen LogP contribution in [0.5, 0.6) is 0 Å². The van der Waals surface area contributed by atoms with Gasteiger partial charge in [-0.05, 0) is 12.0 Å². The monoisotopic (exact) mass is 285 g/mol. The molecule has 0 fully saturated rings. The lowest BCUT2D eigenvalue weighted by Gasteiger charge is -2.17. The molecule has 1 aromatic rings. The van der Waals surface area contributed by atoms with E-state index in [1.165, 1.54) is 6.07 Å². The molecule has 0 aliphatic carbocycles. The molecule has 114 valence electrons. The average Bonchev–Trinajstić information content (AvgIpc) is 2.40. The Bertz CT molecular complexity index is 387. The first-order valence-electron chi connectivity index (χ1n) is 6.88. The van der Waals surface area contributed by atoms with E-state index in [9.17, 15) is 14.6 Å². The van der Waals surface area contributed by atoms with E-state index < -0.39 is 12.2 Å². The van der Waals surface area contributed by atoms with Crippen LogP contribution in [0.4, 0.5) is 4.39 Å². The topological polar surface area (TPSA) is 61.7 Å². The third-order valence-corrected chi connectivity index (χ3v) is 3.03. The van der Waals surface area contributed by atoms with Gasteiger partial charge in [0.15, 0.2) is 0 Å². The zero-order chi connectivity index (χ0) is 15.0. The Labute approximate surface area is 119 Å². The van der Waals surface area contributed by atoms with Crippen molar-refractivity contribution in [2.24, 2.45) is 5.92 Å². The van der Waals surface area contributed by atoms with Gasteiger partial charge in [0.2, 0.25) is 0 Å². The van der Waals surface area contributed by atoms with Gasteiger partial charge in [0.05, 0.1) is 25.4 Å². The van der Waals surface area contributed by atoms with Gasteiger partial charge >= 0.3 is 0 Å². The molecule has 4 nitrogen and oxygen atoms in total. The van der Waals surface area contributed by atoms with E-state index in [0.717, 1.165) is 0 Å². The number of nitrogens with one attached hydrogen (secondary N) is 1. The summed E-state index contributed by atoms with van der Waals surface area (Å²) in [4.78, 5) is 0. The largest absolute Gasteiger partial charge is 0.392 e. The molecule has 0 heterocycles. The fourth-order valence-corrected chi connectivity index (χ4v) is 1.61. The van der Waals surface area contributed by atoms with Gasteiger partial charge in [-0.2, -0.15) is 0 Å². The van der Waals surface area contributed by atoms with E-state index in [0.29, 0.717) is 18.7 Å². The molecule has 0 aliphatic heterocycles. The molecular weight excluding hydrogens is 261 g/mol. The van der Waals surface area contributed by atoms with Gasteiger partial charge in [-0.1, -0.05) is 32.0 Å². The summed E-state index contributed by atoms with van der Waals surface area (Å²) >= 11 is 0. The Morgan fingerprint density at radius 1 is 1.20 bits per heavy atom. The van der Waals surface area contributed by atoms with Crippen LogP contribution >= 0.6 is 0 Å². The second-order valence-electron chi connectivity index (χ2n) is 5.23. The zero-order valence-corrected chi connectivity index (χ0v) is 12.1. The van der Waals surface area contributed by atoms with Crippen molar-refractivity contribution in [3.63, 3.8) is 0 Å². The van der Waals surface area contributed by atoms with Crippen LogP contribution in [0.3, 0.4) is 0 Å². The van der Waals surface area contributed by atoms with Crippen molar-refractivity contribution in [3.8, 4) is 0 Å². The number of aliphatic hydroxyl groups excluding tert-OH is 2. The highest BCUT2D eigenvalue weighted by molar-refractivity contribution is 5.16. The summed E-state index contributed by atoms with van der Waals surface area (Å²) in [6.45, 7) is 4.89. The van der Waals surface area contributed by atoms with Crippen LogP contribution in [0.25, 0.3) is 0 Å². The highest BCUT2D eigenvalue weighted by Gasteiger charge is 2.10. The Morgan fingerprint density at radius 3 is 2.55 bits per heavy atom. The minimum absolute atomic E-state index is 0.124.